The summed E-state index contributed by atoms with van der Waals surface area (Å²) in [6, 6.07) is 26.2. The van der Waals surface area contributed by atoms with Crippen LogP contribution in [-0.2, 0) is 16.2 Å². The van der Waals surface area contributed by atoms with Gasteiger partial charge >= 0.3 is 0 Å². The molecular weight excluding hydrogens is 444 g/mol. The molecule has 1 N–H and O–H groups in total. The van der Waals surface area contributed by atoms with Crippen LogP contribution in [0.3, 0.4) is 0 Å². The minimum atomic E-state index is -0.464. The Bertz CT molecular complexity index is 1500. The molecule has 0 bridgehead atoms. The number of anilines is 1. The molecule has 1 fully saturated rings. The zero-order valence-electron chi connectivity index (χ0n) is 18.6. The number of rotatable bonds is 5. The Hall–Kier alpha value is -4.78. The zero-order valence-corrected chi connectivity index (χ0v) is 18.6. The number of fused-ring (bicyclic) bond motifs is 2. The molecule has 0 aliphatic carbocycles. The Labute approximate surface area is 201 Å². The Morgan fingerprint density at radius 3 is 2.57 bits per heavy atom. The van der Waals surface area contributed by atoms with Gasteiger partial charge in [0.25, 0.3) is 11.8 Å². The number of carbonyl (C=O) groups excluding carboxylic acids is 2. The number of amides is 2. The van der Waals surface area contributed by atoms with Crippen LogP contribution in [0.1, 0.15) is 11.1 Å². The second kappa shape index (κ2) is 8.53. The lowest BCUT2D eigenvalue weighted by atomic mass is 10.0. The van der Waals surface area contributed by atoms with Crippen LogP contribution in [0.4, 0.5) is 5.69 Å². The number of nitrogens with zero attached hydrogens (tertiary/aromatic N) is 1. The van der Waals surface area contributed by atoms with Gasteiger partial charge in [0.15, 0.2) is 11.5 Å². The van der Waals surface area contributed by atoms with Crippen LogP contribution in [0.25, 0.3) is 16.8 Å². The number of nitrogens with one attached hydrogen (secondary N) is 1. The molecule has 0 spiro atoms. The van der Waals surface area contributed by atoms with Crippen molar-refractivity contribution in [3.05, 3.63) is 102 Å². The lowest BCUT2D eigenvalue weighted by molar-refractivity contribution is -0.117. The van der Waals surface area contributed by atoms with Gasteiger partial charge in [-0.05, 0) is 52.7 Å². The van der Waals surface area contributed by atoms with E-state index in [1.807, 2.05) is 72.8 Å². The predicted octanol–water partition coefficient (Wildman–Crippen LogP) is 4.61. The highest BCUT2D eigenvalue weighted by atomic mass is 16.7. The molecule has 2 aliphatic rings. The molecule has 7 heteroatoms. The molecule has 2 amide bonds. The Balaban J connectivity index is 1.36. The van der Waals surface area contributed by atoms with Gasteiger partial charge in [0, 0.05) is 5.56 Å². The number of hydrogen-bond acceptors (Lipinski definition) is 5. The van der Waals surface area contributed by atoms with E-state index in [2.05, 4.69) is 5.43 Å². The lowest BCUT2D eigenvalue weighted by Gasteiger charge is -2.14. The molecule has 0 saturated carbocycles. The number of para-hydroxylation sites is 1. The van der Waals surface area contributed by atoms with Crippen molar-refractivity contribution in [3.63, 3.8) is 0 Å². The standard InChI is InChI=1S/C28H20N2O5/c31-27-23(28(32)30(29-27)20-7-2-1-3-8-20)15-22-21-9-5-4-6-19(21)11-13-24(22)33-16-18-10-12-25-26(14-18)35-17-34-25/h1-15H,16-17H2,(H,29,31)/b23-15-. The summed E-state index contributed by atoms with van der Waals surface area (Å²) >= 11 is 0. The first-order valence-corrected chi connectivity index (χ1v) is 11.1. The van der Waals surface area contributed by atoms with Crippen LogP contribution >= 0.6 is 0 Å². The third kappa shape index (κ3) is 3.83. The van der Waals surface area contributed by atoms with E-state index >= 15 is 0 Å². The molecule has 0 unspecified atom stereocenters. The summed E-state index contributed by atoms with van der Waals surface area (Å²) in [5.74, 6) is 1.07. The van der Waals surface area contributed by atoms with E-state index in [0.717, 1.165) is 16.3 Å². The normalized spacial score (nSPS) is 15.7. The van der Waals surface area contributed by atoms with Crippen molar-refractivity contribution in [3.8, 4) is 17.2 Å². The molecule has 2 aliphatic heterocycles. The van der Waals surface area contributed by atoms with E-state index in [9.17, 15) is 9.59 Å². The minimum Gasteiger partial charge on any atom is -0.488 e. The van der Waals surface area contributed by atoms with Gasteiger partial charge in [0.1, 0.15) is 17.9 Å². The van der Waals surface area contributed by atoms with Crippen LogP contribution in [0.5, 0.6) is 17.2 Å². The molecule has 0 aromatic heterocycles. The summed E-state index contributed by atoms with van der Waals surface area (Å²) in [5, 5.41) is 3.11. The maximum Gasteiger partial charge on any atom is 0.282 e. The fourth-order valence-electron chi connectivity index (χ4n) is 4.20. The van der Waals surface area contributed by atoms with Crippen molar-refractivity contribution in [2.45, 2.75) is 6.61 Å². The van der Waals surface area contributed by atoms with Crippen LogP contribution in [0.15, 0.2) is 90.5 Å². The van der Waals surface area contributed by atoms with Crippen molar-refractivity contribution in [1.29, 1.82) is 0 Å². The molecular formula is C28H20N2O5. The molecule has 7 nitrogen and oxygen atoms in total. The maximum absolute atomic E-state index is 13.2. The molecule has 1 saturated heterocycles. The zero-order chi connectivity index (χ0) is 23.8. The molecule has 172 valence electrons. The summed E-state index contributed by atoms with van der Waals surface area (Å²) in [5.41, 5.74) is 4.85. The second-order valence-corrected chi connectivity index (χ2v) is 8.15. The number of benzene rings is 4. The van der Waals surface area contributed by atoms with Gasteiger partial charge in [-0.15, -0.1) is 0 Å². The van der Waals surface area contributed by atoms with Crippen molar-refractivity contribution in [1.82, 2.24) is 5.43 Å². The van der Waals surface area contributed by atoms with Crippen molar-refractivity contribution in [2.24, 2.45) is 0 Å². The fourth-order valence-corrected chi connectivity index (χ4v) is 4.20. The Morgan fingerprint density at radius 2 is 1.69 bits per heavy atom. The molecule has 35 heavy (non-hydrogen) atoms. The highest BCUT2D eigenvalue weighted by Gasteiger charge is 2.34. The van der Waals surface area contributed by atoms with Gasteiger partial charge in [0.05, 0.1) is 5.69 Å². The Morgan fingerprint density at radius 1 is 0.886 bits per heavy atom. The summed E-state index contributed by atoms with van der Waals surface area (Å²) in [6.07, 6.45) is 1.61. The highest BCUT2D eigenvalue weighted by Crippen LogP contribution is 2.35. The number of carbonyl (C=O) groups is 2. The van der Waals surface area contributed by atoms with Gasteiger partial charge in [-0.3, -0.25) is 15.0 Å². The van der Waals surface area contributed by atoms with E-state index in [1.165, 1.54) is 5.01 Å². The van der Waals surface area contributed by atoms with Crippen molar-refractivity contribution < 1.29 is 23.8 Å². The van der Waals surface area contributed by atoms with Gasteiger partial charge in [0.2, 0.25) is 6.79 Å². The van der Waals surface area contributed by atoms with Crippen LogP contribution in [0.2, 0.25) is 0 Å². The van der Waals surface area contributed by atoms with Gasteiger partial charge in [-0.1, -0.05) is 54.6 Å². The third-order valence-electron chi connectivity index (χ3n) is 5.96. The Kier molecular flexibility index (Phi) is 5.07. The van der Waals surface area contributed by atoms with Crippen LogP contribution in [0, 0.1) is 0 Å². The third-order valence-corrected chi connectivity index (χ3v) is 5.96. The predicted molar refractivity (Wildman–Crippen MR) is 131 cm³/mol. The first-order valence-electron chi connectivity index (χ1n) is 11.1. The molecule has 6 rings (SSSR count). The number of ether oxygens (including phenoxy) is 3. The van der Waals surface area contributed by atoms with Gasteiger partial charge in [-0.25, -0.2) is 5.01 Å². The average molecular weight is 464 g/mol. The molecule has 4 aromatic carbocycles. The quantitative estimate of drug-likeness (QED) is 0.345. The summed E-state index contributed by atoms with van der Waals surface area (Å²) < 4.78 is 17.0. The fraction of sp³-hybridized carbons (Fsp3) is 0.0714. The van der Waals surface area contributed by atoms with E-state index in [1.54, 1.807) is 18.2 Å². The number of hydrazine groups is 1. The van der Waals surface area contributed by atoms with Crippen LogP contribution in [-0.4, -0.2) is 18.6 Å². The van der Waals surface area contributed by atoms with E-state index in [0.29, 0.717) is 28.5 Å². The summed E-state index contributed by atoms with van der Waals surface area (Å²) in [7, 11) is 0. The second-order valence-electron chi connectivity index (χ2n) is 8.15. The van der Waals surface area contributed by atoms with E-state index < -0.39 is 11.8 Å². The largest absolute Gasteiger partial charge is 0.488 e. The van der Waals surface area contributed by atoms with Gasteiger partial charge in [-0.2, -0.15) is 0 Å². The molecule has 2 heterocycles. The van der Waals surface area contributed by atoms with Crippen molar-refractivity contribution >= 4 is 34.4 Å². The molecule has 0 atom stereocenters. The summed E-state index contributed by atoms with van der Waals surface area (Å²) in [4.78, 5) is 26.0. The first kappa shape index (κ1) is 20.8. The number of hydrogen-bond donors (Lipinski definition) is 1. The van der Waals surface area contributed by atoms with Gasteiger partial charge < -0.3 is 14.2 Å². The molecule has 0 radical (unpaired) electrons. The smallest absolute Gasteiger partial charge is 0.282 e. The highest BCUT2D eigenvalue weighted by molar-refractivity contribution is 6.32. The maximum atomic E-state index is 13.2. The van der Waals surface area contributed by atoms with Crippen molar-refractivity contribution in [2.75, 3.05) is 11.8 Å². The monoisotopic (exact) mass is 464 g/mol. The molecule has 4 aromatic rings. The van der Waals surface area contributed by atoms with E-state index in [4.69, 9.17) is 14.2 Å². The average Bonchev–Trinajstić information content (AvgIpc) is 3.48. The SMILES string of the molecule is O=C1NN(c2ccccc2)C(=O)/C1=C\c1c(OCc2ccc3c(c2)OCO3)ccc2ccccc12. The first-order chi connectivity index (χ1) is 17.2. The van der Waals surface area contributed by atoms with Crippen LogP contribution < -0.4 is 24.6 Å². The lowest BCUT2D eigenvalue weighted by Crippen LogP contribution is -2.35. The van der Waals surface area contributed by atoms with E-state index in [-0.39, 0.29) is 19.0 Å². The topological polar surface area (TPSA) is 77.1 Å². The summed E-state index contributed by atoms with van der Waals surface area (Å²) in [6.45, 7) is 0.486. The minimum absolute atomic E-state index is 0.0399.